The molecule has 84 valence electrons. The summed E-state index contributed by atoms with van der Waals surface area (Å²) < 4.78 is 2.55. The summed E-state index contributed by atoms with van der Waals surface area (Å²) in [6, 6.07) is 0. The molecule has 1 N–H and O–H groups in total. The molecular formula is C10H16BrN3O. The lowest BCUT2D eigenvalue weighted by atomic mass is 9.93. The molecule has 0 aliphatic carbocycles. The average molecular weight is 274 g/mol. The first-order chi connectivity index (χ1) is 6.79. The molecule has 1 amide bonds. The fourth-order valence-electron chi connectivity index (χ4n) is 1.59. The molecule has 5 heteroatoms. The highest BCUT2D eigenvalue weighted by Crippen LogP contribution is 2.29. The number of imidazole rings is 1. The summed E-state index contributed by atoms with van der Waals surface area (Å²) >= 11 is 3.39. The van der Waals surface area contributed by atoms with E-state index in [1.54, 1.807) is 7.05 Å². The Morgan fingerprint density at radius 1 is 1.47 bits per heavy atom. The first-order valence-electron chi connectivity index (χ1n) is 4.73. The van der Waals surface area contributed by atoms with E-state index in [-0.39, 0.29) is 11.3 Å². The van der Waals surface area contributed by atoms with Gasteiger partial charge in [-0.2, -0.15) is 0 Å². The lowest BCUT2D eigenvalue weighted by Crippen LogP contribution is -2.24. The zero-order chi connectivity index (χ0) is 11.8. The third kappa shape index (κ3) is 2.22. The van der Waals surface area contributed by atoms with Gasteiger partial charge in [-0.3, -0.25) is 4.79 Å². The second-order valence-electron chi connectivity index (χ2n) is 4.46. The molecular weight excluding hydrogens is 258 g/mol. The second kappa shape index (κ2) is 3.96. The highest BCUT2D eigenvalue weighted by Gasteiger charge is 2.26. The van der Waals surface area contributed by atoms with E-state index >= 15 is 0 Å². The molecule has 0 aliphatic heterocycles. The minimum atomic E-state index is -0.172. The van der Waals surface area contributed by atoms with Crippen molar-refractivity contribution in [1.29, 1.82) is 0 Å². The summed E-state index contributed by atoms with van der Waals surface area (Å²) in [5.41, 5.74) is 0.966. The van der Waals surface area contributed by atoms with Gasteiger partial charge in [0.2, 0.25) is 0 Å². The minimum Gasteiger partial charge on any atom is -0.352 e. The van der Waals surface area contributed by atoms with Gasteiger partial charge in [0.1, 0.15) is 4.60 Å². The Hall–Kier alpha value is -0.840. The SMILES string of the molecule is CNC(=O)c1nc(Br)c(C(C)(C)C)n1C. The van der Waals surface area contributed by atoms with Crippen molar-refractivity contribution < 1.29 is 4.79 Å². The Morgan fingerprint density at radius 2 is 2.00 bits per heavy atom. The number of carbonyl (C=O) groups excluding carboxylic acids is 1. The van der Waals surface area contributed by atoms with Crippen LogP contribution in [0.3, 0.4) is 0 Å². The van der Waals surface area contributed by atoms with Crippen LogP contribution in [0.25, 0.3) is 0 Å². The Balaban J connectivity index is 3.33. The maximum Gasteiger partial charge on any atom is 0.287 e. The van der Waals surface area contributed by atoms with Crippen molar-refractivity contribution in [3.63, 3.8) is 0 Å². The molecule has 15 heavy (non-hydrogen) atoms. The first-order valence-corrected chi connectivity index (χ1v) is 5.53. The van der Waals surface area contributed by atoms with Crippen LogP contribution in [0.1, 0.15) is 37.1 Å². The standard InChI is InChI=1S/C10H16BrN3O/c1-10(2,3)6-7(11)13-8(14(6)5)9(15)12-4/h1-5H3,(H,12,15). The fourth-order valence-corrected chi connectivity index (χ4v) is 2.62. The topological polar surface area (TPSA) is 46.9 Å². The van der Waals surface area contributed by atoms with Crippen LogP contribution in [0, 0.1) is 0 Å². The zero-order valence-electron chi connectivity index (χ0n) is 9.68. The monoisotopic (exact) mass is 273 g/mol. The second-order valence-corrected chi connectivity index (χ2v) is 5.21. The van der Waals surface area contributed by atoms with E-state index in [1.165, 1.54) is 0 Å². The molecule has 0 radical (unpaired) electrons. The van der Waals surface area contributed by atoms with Crippen molar-refractivity contribution >= 4 is 21.8 Å². The highest BCUT2D eigenvalue weighted by atomic mass is 79.9. The van der Waals surface area contributed by atoms with E-state index in [0.29, 0.717) is 5.82 Å². The summed E-state index contributed by atoms with van der Waals surface area (Å²) in [6.45, 7) is 6.26. The largest absolute Gasteiger partial charge is 0.352 e. The van der Waals surface area contributed by atoms with Gasteiger partial charge in [-0.05, 0) is 15.9 Å². The van der Waals surface area contributed by atoms with Crippen LogP contribution >= 0.6 is 15.9 Å². The molecule has 0 atom stereocenters. The van der Waals surface area contributed by atoms with Gasteiger partial charge in [0.25, 0.3) is 5.91 Å². The van der Waals surface area contributed by atoms with Crippen molar-refractivity contribution in [2.45, 2.75) is 26.2 Å². The van der Waals surface area contributed by atoms with Crippen LogP contribution in [0.2, 0.25) is 0 Å². The predicted molar refractivity (Wildman–Crippen MR) is 63.0 cm³/mol. The van der Waals surface area contributed by atoms with E-state index in [1.807, 2.05) is 11.6 Å². The summed E-state index contributed by atoms with van der Waals surface area (Å²) in [6.07, 6.45) is 0. The molecule has 0 saturated carbocycles. The lowest BCUT2D eigenvalue weighted by Gasteiger charge is -2.19. The van der Waals surface area contributed by atoms with E-state index in [4.69, 9.17) is 0 Å². The normalized spacial score (nSPS) is 11.6. The maximum absolute atomic E-state index is 11.5. The zero-order valence-corrected chi connectivity index (χ0v) is 11.3. The number of amides is 1. The molecule has 0 spiro atoms. The molecule has 0 aromatic carbocycles. The van der Waals surface area contributed by atoms with E-state index < -0.39 is 0 Å². The van der Waals surface area contributed by atoms with E-state index in [0.717, 1.165) is 10.3 Å². The Kier molecular flexibility index (Phi) is 3.23. The lowest BCUT2D eigenvalue weighted by molar-refractivity contribution is 0.0949. The van der Waals surface area contributed by atoms with Crippen LogP contribution in [-0.2, 0) is 12.5 Å². The first kappa shape index (κ1) is 12.2. The van der Waals surface area contributed by atoms with Gasteiger partial charge in [-0.1, -0.05) is 20.8 Å². The Morgan fingerprint density at radius 3 is 2.33 bits per heavy atom. The molecule has 1 heterocycles. The van der Waals surface area contributed by atoms with Crippen LogP contribution in [-0.4, -0.2) is 22.5 Å². The number of nitrogens with zero attached hydrogens (tertiary/aromatic N) is 2. The molecule has 1 aromatic rings. The molecule has 0 bridgehead atoms. The number of carbonyl (C=O) groups is 1. The Bertz CT molecular complexity index is 390. The number of halogens is 1. The average Bonchev–Trinajstić information content (AvgIpc) is 2.39. The third-order valence-electron chi connectivity index (χ3n) is 2.19. The molecule has 4 nitrogen and oxygen atoms in total. The summed E-state index contributed by atoms with van der Waals surface area (Å²) in [5, 5.41) is 2.57. The highest BCUT2D eigenvalue weighted by molar-refractivity contribution is 9.10. The quantitative estimate of drug-likeness (QED) is 0.849. The molecule has 0 fully saturated rings. The molecule has 1 aromatic heterocycles. The van der Waals surface area contributed by atoms with Crippen LogP contribution in [0.5, 0.6) is 0 Å². The van der Waals surface area contributed by atoms with Crippen molar-refractivity contribution in [3.8, 4) is 0 Å². The smallest absolute Gasteiger partial charge is 0.287 e. The van der Waals surface area contributed by atoms with Gasteiger partial charge in [-0.25, -0.2) is 4.98 Å². The van der Waals surface area contributed by atoms with Gasteiger partial charge in [-0.15, -0.1) is 0 Å². The van der Waals surface area contributed by atoms with Crippen molar-refractivity contribution in [3.05, 3.63) is 16.1 Å². The van der Waals surface area contributed by atoms with E-state index in [9.17, 15) is 4.79 Å². The molecule has 0 aliphatic rings. The molecule has 0 saturated heterocycles. The summed E-state index contributed by atoms with van der Waals surface area (Å²) in [4.78, 5) is 15.7. The van der Waals surface area contributed by atoms with Crippen LogP contribution in [0.15, 0.2) is 4.60 Å². The predicted octanol–water partition coefficient (Wildman–Crippen LogP) is 1.84. The molecule has 0 unspecified atom stereocenters. The van der Waals surface area contributed by atoms with E-state index in [2.05, 4.69) is 47.0 Å². The number of hydrogen-bond acceptors (Lipinski definition) is 2. The van der Waals surface area contributed by atoms with Crippen LogP contribution in [0.4, 0.5) is 0 Å². The van der Waals surface area contributed by atoms with Gasteiger partial charge in [0.15, 0.2) is 5.82 Å². The summed E-state index contributed by atoms with van der Waals surface area (Å²) in [5.74, 6) is 0.253. The van der Waals surface area contributed by atoms with Crippen molar-refractivity contribution in [2.75, 3.05) is 7.05 Å². The van der Waals surface area contributed by atoms with Crippen LogP contribution < -0.4 is 5.32 Å². The number of rotatable bonds is 1. The minimum absolute atomic E-state index is 0.0488. The van der Waals surface area contributed by atoms with Gasteiger partial charge in [0, 0.05) is 19.5 Å². The number of nitrogens with one attached hydrogen (secondary N) is 1. The number of hydrogen-bond donors (Lipinski definition) is 1. The fraction of sp³-hybridized carbons (Fsp3) is 0.600. The summed E-state index contributed by atoms with van der Waals surface area (Å²) in [7, 11) is 3.45. The number of aromatic nitrogens is 2. The Labute approximate surface area is 98.2 Å². The third-order valence-corrected chi connectivity index (χ3v) is 2.75. The molecule has 1 rings (SSSR count). The van der Waals surface area contributed by atoms with Crippen molar-refractivity contribution in [2.24, 2.45) is 7.05 Å². The van der Waals surface area contributed by atoms with Gasteiger partial charge in [0.05, 0.1) is 5.69 Å². The van der Waals surface area contributed by atoms with Gasteiger partial charge < -0.3 is 9.88 Å². The maximum atomic E-state index is 11.5. The van der Waals surface area contributed by atoms with Crippen molar-refractivity contribution in [1.82, 2.24) is 14.9 Å². The van der Waals surface area contributed by atoms with Gasteiger partial charge >= 0.3 is 0 Å².